The van der Waals surface area contributed by atoms with E-state index in [1.165, 1.54) is 0 Å². The maximum atomic E-state index is 13.2. The minimum Gasteiger partial charge on any atom is -0.347 e. The second-order valence-electron chi connectivity index (χ2n) is 7.20. The van der Waals surface area contributed by atoms with E-state index in [-0.39, 0.29) is 11.8 Å². The molecule has 1 unspecified atom stereocenters. The van der Waals surface area contributed by atoms with Gasteiger partial charge in [0.1, 0.15) is 0 Å². The molecule has 0 aliphatic carbocycles. The van der Waals surface area contributed by atoms with Crippen LogP contribution in [0, 0.1) is 0 Å². The Labute approximate surface area is 173 Å². The van der Waals surface area contributed by atoms with Crippen molar-refractivity contribution in [2.24, 2.45) is 0 Å². The van der Waals surface area contributed by atoms with Crippen LogP contribution in [0.2, 0.25) is 0 Å². The third-order valence-corrected chi connectivity index (χ3v) is 5.25. The minimum absolute atomic E-state index is 0.0325. The summed E-state index contributed by atoms with van der Waals surface area (Å²) in [5.41, 5.74) is 4.46. The fourth-order valence-electron chi connectivity index (χ4n) is 3.76. The molecule has 1 amide bonds. The van der Waals surface area contributed by atoms with Gasteiger partial charge in [-0.25, -0.2) is 15.0 Å². The molecule has 7 heteroatoms. The summed E-state index contributed by atoms with van der Waals surface area (Å²) in [6.45, 7) is 1.05. The van der Waals surface area contributed by atoms with Gasteiger partial charge in [0, 0.05) is 30.5 Å². The number of amides is 1. The Bertz CT molecular complexity index is 1140. The number of para-hydroxylation sites is 1. The minimum atomic E-state index is -0.0950. The molecule has 1 atom stereocenters. The molecular weight excluding hydrogens is 376 g/mol. The molecule has 3 heterocycles. The molecule has 1 aliphatic heterocycles. The number of nitrogens with zero attached hydrogens (tertiary/aromatic N) is 4. The van der Waals surface area contributed by atoms with Gasteiger partial charge in [0.05, 0.1) is 29.8 Å². The van der Waals surface area contributed by atoms with E-state index in [0.29, 0.717) is 24.6 Å². The van der Waals surface area contributed by atoms with E-state index in [1.54, 1.807) is 18.7 Å². The Balaban J connectivity index is 1.36. The third kappa shape index (κ3) is 3.53. The summed E-state index contributed by atoms with van der Waals surface area (Å²) in [4.78, 5) is 31.3. The molecule has 0 saturated heterocycles. The van der Waals surface area contributed by atoms with E-state index in [9.17, 15) is 4.79 Å². The van der Waals surface area contributed by atoms with Gasteiger partial charge in [-0.15, -0.1) is 0 Å². The predicted octanol–water partition coefficient (Wildman–Crippen LogP) is 3.73. The van der Waals surface area contributed by atoms with Gasteiger partial charge >= 0.3 is 0 Å². The Morgan fingerprint density at radius 3 is 2.40 bits per heavy atom. The molecule has 2 aromatic heterocycles. The highest BCUT2D eigenvalue weighted by Crippen LogP contribution is 2.32. The SMILES string of the molecule is O=C(c1cnc(Nc2ccccc2)nc1)N1Cc2[nH]cnc2C(c2ccccc2)C1. The van der Waals surface area contributed by atoms with Crippen LogP contribution in [0.15, 0.2) is 79.4 Å². The zero-order valence-electron chi connectivity index (χ0n) is 16.2. The van der Waals surface area contributed by atoms with E-state index in [2.05, 4.69) is 37.4 Å². The maximum absolute atomic E-state index is 13.2. The van der Waals surface area contributed by atoms with Gasteiger partial charge in [-0.05, 0) is 17.7 Å². The molecule has 2 aromatic carbocycles. The van der Waals surface area contributed by atoms with Crippen LogP contribution in [0.1, 0.15) is 33.2 Å². The Morgan fingerprint density at radius 2 is 1.67 bits per heavy atom. The number of hydrogen-bond donors (Lipinski definition) is 2. The Kier molecular flexibility index (Phi) is 4.69. The number of fused-ring (bicyclic) bond motifs is 1. The average molecular weight is 396 g/mol. The van der Waals surface area contributed by atoms with Crippen molar-refractivity contribution in [2.75, 3.05) is 11.9 Å². The predicted molar refractivity (Wildman–Crippen MR) is 113 cm³/mol. The molecule has 0 spiro atoms. The van der Waals surface area contributed by atoms with Crippen molar-refractivity contribution >= 4 is 17.5 Å². The van der Waals surface area contributed by atoms with E-state index in [1.807, 2.05) is 53.4 Å². The molecule has 2 N–H and O–H groups in total. The normalized spacial score (nSPS) is 15.5. The largest absolute Gasteiger partial charge is 0.347 e. The van der Waals surface area contributed by atoms with E-state index < -0.39 is 0 Å². The molecule has 30 heavy (non-hydrogen) atoms. The van der Waals surface area contributed by atoms with E-state index in [4.69, 9.17) is 0 Å². The molecule has 148 valence electrons. The van der Waals surface area contributed by atoms with Gasteiger partial charge in [-0.2, -0.15) is 0 Å². The summed E-state index contributed by atoms with van der Waals surface area (Å²) >= 11 is 0. The van der Waals surface area contributed by atoms with Crippen LogP contribution >= 0.6 is 0 Å². The zero-order valence-corrected chi connectivity index (χ0v) is 16.2. The first-order valence-corrected chi connectivity index (χ1v) is 9.78. The molecule has 4 aromatic rings. The number of H-pyrrole nitrogens is 1. The first kappa shape index (κ1) is 18.1. The second-order valence-corrected chi connectivity index (χ2v) is 7.20. The van der Waals surface area contributed by atoms with Crippen molar-refractivity contribution in [1.29, 1.82) is 0 Å². The van der Waals surface area contributed by atoms with Crippen LogP contribution in [0.4, 0.5) is 11.6 Å². The molecule has 5 rings (SSSR count). The Hall–Kier alpha value is -4.00. The fourth-order valence-corrected chi connectivity index (χ4v) is 3.76. The lowest BCUT2D eigenvalue weighted by atomic mass is 9.91. The van der Waals surface area contributed by atoms with Crippen LogP contribution in [0.25, 0.3) is 0 Å². The van der Waals surface area contributed by atoms with Crippen LogP contribution < -0.4 is 5.32 Å². The van der Waals surface area contributed by atoms with Crippen LogP contribution in [0.5, 0.6) is 0 Å². The average Bonchev–Trinajstić information content (AvgIpc) is 3.28. The number of nitrogens with one attached hydrogen (secondary N) is 2. The van der Waals surface area contributed by atoms with Crippen molar-refractivity contribution in [3.05, 3.63) is 102 Å². The van der Waals surface area contributed by atoms with Crippen molar-refractivity contribution < 1.29 is 4.79 Å². The van der Waals surface area contributed by atoms with Crippen molar-refractivity contribution in [2.45, 2.75) is 12.5 Å². The number of anilines is 2. The summed E-state index contributed by atoms with van der Waals surface area (Å²) in [6, 6.07) is 19.8. The lowest BCUT2D eigenvalue weighted by molar-refractivity contribution is 0.0721. The lowest BCUT2D eigenvalue weighted by Crippen LogP contribution is -2.38. The lowest BCUT2D eigenvalue weighted by Gasteiger charge is -2.32. The fraction of sp³-hybridized carbons (Fsp3) is 0.130. The highest BCUT2D eigenvalue weighted by molar-refractivity contribution is 5.94. The number of hydrogen-bond acceptors (Lipinski definition) is 5. The number of aromatic nitrogens is 4. The summed E-state index contributed by atoms with van der Waals surface area (Å²) in [5, 5.41) is 3.13. The summed E-state index contributed by atoms with van der Waals surface area (Å²) in [5.74, 6) is 0.391. The van der Waals surface area contributed by atoms with E-state index in [0.717, 1.165) is 22.6 Å². The number of imidazole rings is 1. The second kappa shape index (κ2) is 7.79. The van der Waals surface area contributed by atoms with Gasteiger partial charge in [0.2, 0.25) is 5.95 Å². The first-order chi connectivity index (χ1) is 14.8. The summed E-state index contributed by atoms with van der Waals surface area (Å²) < 4.78 is 0. The van der Waals surface area contributed by atoms with E-state index >= 15 is 0 Å². The number of aromatic amines is 1. The molecule has 0 radical (unpaired) electrons. The van der Waals surface area contributed by atoms with Gasteiger partial charge < -0.3 is 15.2 Å². The van der Waals surface area contributed by atoms with Gasteiger partial charge in [-0.3, -0.25) is 4.79 Å². The standard InChI is InChI=1S/C23H20N6O/c30-22(17-11-24-23(25-12-17)28-18-9-5-2-6-10-18)29-13-19(16-7-3-1-4-8-16)21-20(14-29)26-15-27-21/h1-12,15,19H,13-14H2,(H,26,27)(H,24,25,28). The molecular formula is C23H20N6O. The van der Waals surface area contributed by atoms with Crippen molar-refractivity contribution in [1.82, 2.24) is 24.8 Å². The summed E-state index contributed by atoms with van der Waals surface area (Å²) in [6.07, 6.45) is 4.84. The number of rotatable bonds is 4. The zero-order chi connectivity index (χ0) is 20.3. The highest BCUT2D eigenvalue weighted by atomic mass is 16.2. The van der Waals surface area contributed by atoms with Crippen molar-refractivity contribution in [3.8, 4) is 0 Å². The molecule has 0 fully saturated rings. The number of carbonyl (C=O) groups is 1. The first-order valence-electron chi connectivity index (χ1n) is 9.78. The maximum Gasteiger partial charge on any atom is 0.257 e. The monoisotopic (exact) mass is 396 g/mol. The Morgan fingerprint density at radius 1 is 0.967 bits per heavy atom. The summed E-state index contributed by atoms with van der Waals surface area (Å²) in [7, 11) is 0. The van der Waals surface area contributed by atoms with Gasteiger partial charge in [0.25, 0.3) is 5.91 Å². The topological polar surface area (TPSA) is 86.8 Å². The quantitative estimate of drug-likeness (QED) is 0.549. The highest BCUT2D eigenvalue weighted by Gasteiger charge is 2.31. The number of benzene rings is 2. The smallest absolute Gasteiger partial charge is 0.257 e. The molecule has 0 saturated carbocycles. The van der Waals surface area contributed by atoms with Gasteiger partial charge in [0.15, 0.2) is 0 Å². The third-order valence-electron chi connectivity index (χ3n) is 5.25. The van der Waals surface area contributed by atoms with Crippen LogP contribution in [0.3, 0.4) is 0 Å². The molecule has 7 nitrogen and oxygen atoms in total. The van der Waals surface area contributed by atoms with Crippen molar-refractivity contribution in [3.63, 3.8) is 0 Å². The van der Waals surface area contributed by atoms with Crippen LogP contribution in [-0.2, 0) is 6.54 Å². The molecule has 0 bridgehead atoms. The number of carbonyl (C=O) groups excluding carboxylic acids is 1. The van der Waals surface area contributed by atoms with Gasteiger partial charge in [-0.1, -0.05) is 48.5 Å². The molecule has 1 aliphatic rings. The van der Waals surface area contributed by atoms with Crippen LogP contribution in [-0.4, -0.2) is 37.3 Å².